The van der Waals surface area contributed by atoms with Gasteiger partial charge >= 0.3 is 0 Å². The highest BCUT2D eigenvalue weighted by atomic mass is 32.2. The summed E-state index contributed by atoms with van der Waals surface area (Å²) in [5.41, 5.74) is 6.59. The maximum absolute atomic E-state index is 12.9. The molecule has 0 amide bonds. The van der Waals surface area contributed by atoms with Gasteiger partial charge in [-0.05, 0) is 59.7 Å². The molecule has 0 radical (unpaired) electrons. The van der Waals surface area contributed by atoms with Crippen molar-refractivity contribution >= 4 is 22.7 Å². The summed E-state index contributed by atoms with van der Waals surface area (Å²) >= 11 is 1.71. The number of thioether (sulfide) groups is 1. The van der Waals surface area contributed by atoms with Crippen LogP contribution in [0.1, 0.15) is 11.3 Å². The van der Waals surface area contributed by atoms with Gasteiger partial charge < -0.3 is 4.57 Å². The van der Waals surface area contributed by atoms with Gasteiger partial charge in [0, 0.05) is 41.8 Å². The Morgan fingerprint density at radius 1 is 1.00 bits per heavy atom. The molecule has 0 saturated heterocycles. The normalized spacial score (nSPS) is 14.2. The summed E-state index contributed by atoms with van der Waals surface area (Å²) < 4.78 is 3.92. The first kappa shape index (κ1) is 19.2. The van der Waals surface area contributed by atoms with E-state index in [2.05, 4.69) is 54.3 Å². The third kappa shape index (κ3) is 3.17. The Morgan fingerprint density at radius 3 is 2.53 bits per heavy atom. The smallest absolute Gasteiger partial charge is 0.255 e. The summed E-state index contributed by atoms with van der Waals surface area (Å²) in [6.45, 7) is 1.62. The lowest BCUT2D eigenvalue weighted by molar-refractivity contribution is 0.256. The molecule has 3 heterocycles. The summed E-state index contributed by atoms with van der Waals surface area (Å²) in [7, 11) is 2.08. The average Bonchev–Trinajstić information content (AvgIpc) is 3.04. The number of benzene rings is 2. The van der Waals surface area contributed by atoms with Crippen molar-refractivity contribution in [3.05, 3.63) is 82.4 Å². The summed E-state index contributed by atoms with van der Waals surface area (Å²) in [5.74, 6) is 6.03. The highest BCUT2D eigenvalue weighted by Gasteiger charge is 2.21. The van der Waals surface area contributed by atoms with Crippen LogP contribution in [0.15, 0.2) is 70.5 Å². The van der Waals surface area contributed by atoms with Crippen molar-refractivity contribution in [2.24, 2.45) is 12.9 Å². The first-order chi connectivity index (χ1) is 14.5. The fraction of sp³-hybridized carbons (Fsp3) is 0.208. The molecule has 0 saturated carbocycles. The summed E-state index contributed by atoms with van der Waals surface area (Å²) in [6, 6.07) is 18.3. The zero-order chi connectivity index (χ0) is 20.8. The molecule has 152 valence electrons. The summed E-state index contributed by atoms with van der Waals surface area (Å²) in [4.78, 5) is 14.1. The molecule has 0 fully saturated rings. The zero-order valence-corrected chi connectivity index (χ0v) is 17.9. The second-order valence-corrected chi connectivity index (χ2v) is 8.64. The predicted molar refractivity (Wildman–Crippen MR) is 124 cm³/mol. The number of pyridine rings is 1. The van der Waals surface area contributed by atoms with Crippen LogP contribution < -0.4 is 11.4 Å². The molecular weight excluding hydrogens is 392 g/mol. The highest BCUT2D eigenvalue weighted by Crippen LogP contribution is 2.30. The van der Waals surface area contributed by atoms with Crippen LogP contribution in [0.25, 0.3) is 27.7 Å². The van der Waals surface area contributed by atoms with Crippen LogP contribution in [0.3, 0.4) is 0 Å². The van der Waals surface area contributed by atoms with Crippen LogP contribution in [0.2, 0.25) is 0 Å². The number of fused-ring (bicyclic) bond motifs is 3. The van der Waals surface area contributed by atoms with Crippen molar-refractivity contribution in [2.75, 3.05) is 12.8 Å². The van der Waals surface area contributed by atoms with Gasteiger partial charge in [-0.2, -0.15) is 0 Å². The fourth-order valence-electron chi connectivity index (χ4n) is 4.37. The van der Waals surface area contributed by atoms with Crippen molar-refractivity contribution in [3.8, 4) is 16.8 Å². The Hall–Kier alpha value is -2.80. The molecule has 1 aliphatic rings. The summed E-state index contributed by atoms with van der Waals surface area (Å²) in [5, 5.41) is 3.11. The molecule has 4 aromatic rings. The van der Waals surface area contributed by atoms with Crippen LogP contribution in [-0.2, 0) is 20.0 Å². The van der Waals surface area contributed by atoms with Crippen molar-refractivity contribution in [3.63, 3.8) is 0 Å². The summed E-state index contributed by atoms with van der Waals surface area (Å²) in [6.07, 6.45) is 4.88. The van der Waals surface area contributed by atoms with E-state index in [0.29, 0.717) is 0 Å². The largest absolute Gasteiger partial charge is 0.346 e. The molecule has 5 nitrogen and oxygen atoms in total. The van der Waals surface area contributed by atoms with Crippen molar-refractivity contribution in [2.45, 2.75) is 17.9 Å². The predicted octanol–water partition coefficient (Wildman–Crippen LogP) is 3.95. The Labute approximate surface area is 179 Å². The molecule has 0 bridgehead atoms. The molecule has 2 N–H and O–H groups in total. The number of aryl methyl sites for hydroxylation is 1. The first-order valence-corrected chi connectivity index (χ1v) is 11.2. The topological polar surface area (TPSA) is 56.2 Å². The number of nitrogens with zero attached hydrogens (tertiary/aromatic N) is 3. The Kier molecular flexibility index (Phi) is 4.77. The quantitative estimate of drug-likeness (QED) is 0.406. The van der Waals surface area contributed by atoms with Gasteiger partial charge in [0.2, 0.25) is 0 Å². The maximum Gasteiger partial charge on any atom is 0.255 e. The van der Waals surface area contributed by atoms with E-state index in [4.69, 9.17) is 5.84 Å². The zero-order valence-electron chi connectivity index (χ0n) is 17.1. The van der Waals surface area contributed by atoms with Gasteiger partial charge in [0.05, 0.1) is 17.7 Å². The number of rotatable bonds is 3. The SMILES string of the molecule is CSc1ccc(-c2ccn(-c3ccc4c5c(n(C)c4c3)CN(N)CC5)c(=O)c2)cc1. The standard InChI is InChI=1S/C24H24N4OS/c1-26-22-14-18(5-8-20(22)21-10-11-27(25)15-23(21)26)28-12-9-17(13-24(28)29)16-3-6-19(30-2)7-4-16/h3-9,12-14H,10-11,15,25H2,1-2H3. The molecule has 5 rings (SSSR count). The average molecular weight is 417 g/mol. The first-order valence-electron chi connectivity index (χ1n) is 10.0. The van der Waals surface area contributed by atoms with Crippen LogP contribution in [0, 0.1) is 0 Å². The van der Waals surface area contributed by atoms with Gasteiger partial charge in [-0.25, -0.2) is 5.01 Å². The molecule has 0 spiro atoms. The van der Waals surface area contributed by atoms with E-state index >= 15 is 0 Å². The van der Waals surface area contributed by atoms with E-state index in [1.54, 1.807) is 22.4 Å². The Morgan fingerprint density at radius 2 is 1.80 bits per heavy atom. The molecule has 6 heteroatoms. The van der Waals surface area contributed by atoms with E-state index in [1.165, 1.54) is 21.5 Å². The molecule has 1 aliphatic heterocycles. The van der Waals surface area contributed by atoms with Crippen molar-refractivity contribution in [1.82, 2.24) is 14.1 Å². The van der Waals surface area contributed by atoms with Crippen LogP contribution in [0.5, 0.6) is 0 Å². The van der Waals surface area contributed by atoms with E-state index < -0.39 is 0 Å². The van der Waals surface area contributed by atoms with E-state index in [-0.39, 0.29) is 5.56 Å². The number of nitrogens with two attached hydrogens (primary N) is 1. The lowest BCUT2D eigenvalue weighted by Gasteiger charge is -2.23. The minimum absolute atomic E-state index is 0.0344. The second kappa shape index (κ2) is 7.47. The fourth-order valence-corrected chi connectivity index (χ4v) is 4.78. The Bertz CT molecular complexity index is 1300. The number of hydrogen-bond acceptors (Lipinski definition) is 4. The maximum atomic E-state index is 12.9. The second-order valence-electron chi connectivity index (χ2n) is 7.76. The molecular formula is C24H24N4OS. The van der Waals surface area contributed by atoms with Crippen molar-refractivity contribution < 1.29 is 0 Å². The monoisotopic (exact) mass is 416 g/mol. The molecule has 2 aromatic carbocycles. The Balaban J connectivity index is 1.55. The molecule has 30 heavy (non-hydrogen) atoms. The van der Waals surface area contributed by atoms with Crippen LogP contribution in [0.4, 0.5) is 0 Å². The van der Waals surface area contributed by atoms with Gasteiger partial charge in [-0.1, -0.05) is 18.2 Å². The van der Waals surface area contributed by atoms with E-state index in [0.717, 1.165) is 41.8 Å². The van der Waals surface area contributed by atoms with Gasteiger partial charge in [-0.3, -0.25) is 15.2 Å². The van der Waals surface area contributed by atoms with E-state index in [9.17, 15) is 4.79 Å². The van der Waals surface area contributed by atoms with Crippen LogP contribution >= 0.6 is 11.8 Å². The molecule has 0 unspecified atom stereocenters. The van der Waals surface area contributed by atoms with Gasteiger partial charge in [0.25, 0.3) is 5.56 Å². The molecule has 0 aliphatic carbocycles. The lowest BCUT2D eigenvalue weighted by Crippen LogP contribution is -2.36. The van der Waals surface area contributed by atoms with Gasteiger partial charge in [-0.15, -0.1) is 11.8 Å². The number of hydrogen-bond donors (Lipinski definition) is 1. The van der Waals surface area contributed by atoms with Crippen LogP contribution in [-0.4, -0.2) is 26.9 Å². The molecule has 2 aromatic heterocycles. The van der Waals surface area contributed by atoms with Crippen molar-refractivity contribution in [1.29, 1.82) is 0 Å². The van der Waals surface area contributed by atoms with Gasteiger partial charge in [0.1, 0.15) is 0 Å². The highest BCUT2D eigenvalue weighted by molar-refractivity contribution is 7.98. The van der Waals surface area contributed by atoms with E-state index in [1.807, 2.05) is 23.3 Å². The van der Waals surface area contributed by atoms with Gasteiger partial charge in [0.15, 0.2) is 0 Å². The number of hydrazine groups is 1. The third-order valence-corrected chi connectivity index (χ3v) is 6.79. The minimum Gasteiger partial charge on any atom is -0.346 e. The molecule has 0 atom stereocenters. The third-order valence-electron chi connectivity index (χ3n) is 6.04. The minimum atomic E-state index is -0.0344. The number of aromatic nitrogens is 2. The lowest BCUT2D eigenvalue weighted by atomic mass is 10.0.